The van der Waals surface area contributed by atoms with Crippen LogP contribution < -0.4 is 10.1 Å². The molecule has 2 rings (SSSR count). The van der Waals surface area contributed by atoms with Gasteiger partial charge in [-0.15, -0.1) is 0 Å². The molecule has 112 valence electrons. The Kier molecular flexibility index (Phi) is 6.05. The first kappa shape index (κ1) is 15.5. The third kappa shape index (κ3) is 3.61. The van der Waals surface area contributed by atoms with Crippen molar-refractivity contribution in [2.24, 2.45) is 0 Å². The van der Waals surface area contributed by atoms with Gasteiger partial charge in [0.05, 0.1) is 28.1 Å². The number of hydrogen-bond donors (Lipinski definition) is 1. The van der Waals surface area contributed by atoms with Gasteiger partial charge in [0.2, 0.25) is 0 Å². The third-order valence-electron chi connectivity index (χ3n) is 3.92. The van der Waals surface area contributed by atoms with Crippen LogP contribution in [0.5, 0.6) is 5.75 Å². The van der Waals surface area contributed by atoms with Gasteiger partial charge in [0.1, 0.15) is 5.75 Å². The van der Waals surface area contributed by atoms with Crippen LogP contribution in [0.4, 0.5) is 0 Å². The maximum Gasteiger partial charge on any atom is 0.134 e. The quantitative estimate of drug-likeness (QED) is 0.876. The van der Waals surface area contributed by atoms with Crippen LogP contribution in [0.2, 0.25) is 0 Å². The fourth-order valence-electron chi connectivity index (χ4n) is 2.86. The van der Waals surface area contributed by atoms with Gasteiger partial charge in [0.15, 0.2) is 0 Å². The highest BCUT2D eigenvalue weighted by molar-refractivity contribution is 7.85. The molecule has 0 aliphatic heterocycles. The van der Waals surface area contributed by atoms with E-state index < -0.39 is 10.8 Å². The van der Waals surface area contributed by atoms with Gasteiger partial charge in [-0.05, 0) is 37.9 Å². The summed E-state index contributed by atoms with van der Waals surface area (Å²) in [5.41, 5.74) is 0. The molecule has 3 nitrogen and oxygen atoms in total. The molecular formula is C16H25NO2S. The summed E-state index contributed by atoms with van der Waals surface area (Å²) < 4.78 is 18.3. The van der Waals surface area contributed by atoms with Crippen LogP contribution in [0.1, 0.15) is 39.0 Å². The van der Waals surface area contributed by atoms with Crippen LogP contribution in [-0.2, 0) is 10.8 Å². The molecule has 4 heteroatoms. The summed E-state index contributed by atoms with van der Waals surface area (Å²) in [6.07, 6.45) is 5.69. The van der Waals surface area contributed by atoms with Gasteiger partial charge >= 0.3 is 0 Å². The topological polar surface area (TPSA) is 38.3 Å². The van der Waals surface area contributed by atoms with E-state index in [-0.39, 0.29) is 5.25 Å². The molecule has 3 unspecified atom stereocenters. The Morgan fingerprint density at radius 3 is 2.80 bits per heavy atom. The first-order valence-electron chi connectivity index (χ1n) is 7.55. The lowest BCUT2D eigenvalue weighted by molar-refractivity contribution is 0.377. The average Bonchev–Trinajstić information content (AvgIpc) is 2.52. The first-order chi connectivity index (χ1) is 9.77. The molecule has 0 heterocycles. The summed E-state index contributed by atoms with van der Waals surface area (Å²) in [4.78, 5) is 0.838. The molecule has 0 radical (unpaired) electrons. The Bertz CT molecular complexity index is 450. The molecule has 1 aliphatic carbocycles. The Balaban J connectivity index is 2.16. The minimum absolute atomic E-state index is 0.201. The molecule has 0 spiro atoms. The van der Waals surface area contributed by atoms with E-state index >= 15 is 0 Å². The zero-order valence-corrected chi connectivity index (χ0v) is 13.2. The Hall–Kier alpha value is -0.870. The van der Waals surface area contributed by atoms with Crippen LogP contribution in [0.15, 0.2) is 29.2 Å². The van der Waals surface area contributed by atoms with E-state index in [2.05, 4.69) is 12.2 Å². The molecule has 0 bridgehead atoms. The van der Waals surface area contributed by atoms with Crippen LogP contribution >= 0.6 is 0 Å². The number of methoxy groups -OCH3 is 1. The number of para-hydroxylation sites is 1. The van der Waals surface area contributed by atoms with Crippen LogP contribution in [0, 0.1) is 0 Å². The number of nitrogens with one attached hydrogen (secondary N) is 1. The van der Waals surface area contributed by atoms with Crippen molar-refractivity contribution in [2.75, 3.05) is 13.7 Å². The highest BCUT2D eigenvalue weighted by Gasteiger charge is 2.31. The summed E-state index contributed by atoms with van der Waals surface area (Å²) in [6.45, 7) is 3.17. The molecular weight excluding hydrogens is 270 g/mol. The predicted molar refractivity (Wildman–Crippen MR) is 83.7 cm³/mol. The molecule has 1 aromatic carbocycles. The van der Waals surface area contributed by atoms with Gasteiger partial charge in [-0.2, -0.15) is 0 Å². The van der Waals surface area contributed by atoms with Crippen LogP contribution in [0.25, 0.3) is 0 Å². The minimum Gasteiger partial charge on any atom is -0.495 e. The summed E-state index contributed by atoms with van der Waals surface area (Å²) in [5.74, 6) is 0.741. The van der Waals surface area contributed by atoms with E-state index in [0.717, 1.165) is 36.5 Å². The van der Waals surface area contributed by atoms with Crippen molar-refractivity contribution in [3.8, 4) is 5.75 Å². The van der Waals surface area contributed by atoms with E-state index in [1.54, 1.807) is 7.11 Å². The molecule has 1 aliphatic rings. The van der Waals surface area contributed by atoms with Gasteiger partial charge in [-0.25, -0.2) is 0 Å². The van der Waals surface area contributed by atoms with Crippen molar-refractivity contribution >= 4 is 10.8 Å². The largest absolute Gasteiger partial charge is 0.495 e. The third-order valence-corrected chi connectivity index (χ3v) is 5.80. The van der Waals surface area contributed by atoms with Crippen molar-refractivity contribution in [2.45, 2.75) is 55.2 Å². The lowest BCUT2D eigenvalue weighted by Crippen LogP contribution is -2.44. The number of hydrogen-bond acceptors (Lipinski definition) is 3. The summed E-state index contributed by atoms with van der Waals surface area (Å²) in [7, 11) is 0.640. The molecule has 0 amide bonds. The summed E-state index contributed by atoms with van der Waals surface area (Å²) >= 11 is 0. The molecule has 1 N–H and O–H groups in total. The predicted octanol–water partition coefficient (Wildman–Crippen LogP) is 3.11. The second-order valence-corrected chi connectivity index (χ2v) is 6.97. The summed E-state index contributed by atoms with van der Waals surface area (Å²) in [5, 5.41) is 3.78. The Morgan fingerprint density at radius 2 is 2.05 bits per heavy atom. The smallest absolute Gasteiger partial charge is 0.134 e. The van der Waals surface area contributed by atoms with Crippen molar-refractivity contribution in [3.05, 3.63) is 24.3 Å². The molecule has 1 aromatic rings. The van der Waals surface area contributed by atoms with Crippen molar-refractivity contribution < 1.29 is 8.95 Å². The molecule has 1 saturated carbocycles. The SMILES string of the molecule is CCCNC1CCCCC1S(=O)c1ccccc1OC. The fourth-order valence-corrected chi connectivity index (χ4v) is 4.66. The lowest BCUT2D eigenvalue weighted by Gasteiger charge is -2.32. The minimum atomic E-state index is -1.00. The van der Waals surface area contributed by atoms with E-state index in [4.69, 9.17) is 4.74 Å². The van der Waals surface area contributed by atoms with Gasteiger partial charge in [-0.3, -0.25) is 4.21 Å². The van der Waals surface area contributed by atoms with Gasteiger partial charge in [0, 0.05) is 6.04 Å². The monoisotopic (exact) mass is 295 g/mol. The summed E-state index contributed by atoms with van der Waals surface area (Å²) in [6, 6.07) is 8.06. The van der Waals surface area contributed by atoms with Crippen molar-refractivity contribution in [1.82, 2.24) is 5.32 Å². The second-order valence-electron chi connectivity index (χ2n) is 5.33. The fraction of sp³-hybridized carbons (Fsp3) is 0.625. The van der Waals surface area contributed by atoms with Gasteiger partial charge < -0.3 is 10.1 Å². The van der Waals surface area contributed by atoms with Crippen molar-refractivity contribution in [3.63, 3.8) is 0 Å². The van der Waals surface area contributed by atoms with E-state index in [9.17, 15) is 4.21 Å². The van der Waals surface area contributed by atoms with Gasteiger partial charge in [0.25, 0.3) is 0 Å². The molecule has 3 atom stereocenters. The van der Waals surface area contributed by atoms with Crippen LogP contribution in [-0.4, -0.2) is 29.2 Å². The molecule has 20 heavy (non-hydrogen) atoms. The molecule has 0 saturated heterocycles. The molecule has 0 aromatic heterocycles. The average molecular weight is 295 g/mol. The number of ether oxygens (including phenoxy) is 1. The maximum atomic E-state index is 12.9. The maximum absolute atomic E-state index is 12.9. The van der Waals surface area contributed by atoms with E-state index in [1.165, 1.54) is 12.8 Å². The normalized spacial score (nSPS) is 24.3. The van der Waals surface area contributed by atoms with E-state index in [1.807, 2.05) is 24.3 Å². The standard InChI is InChI=1S/C16H25NO2S/c1-3-12-17-13-8-4-6-10-15(13)20(18)16-11-7-5-9-14(16)19-2/h5,7,9,11,13,15,17H,3-4,6,8,10,12H2,1-2H3. The zero-order valence-electron chi connectivity index (χ0n) is 12.4. The second kappa shape index (κ2) is 7.79. The zero-order chi connectivity index (χ0) is 14.4. The van der Waals surface area contributed by atoms with Crippen molar-refractivity contribution in [1.29, 1.82) is 0 Å². The number of rotatable bonds is 6. The molecule has 1 fully saturated rings. The Morgan fingerprint density at radius 1 is 1.30 bits per heavy atom. The lowest BCUT2D eigenvalue weighted by atomic mass is 9.95. The van der Waals surface area contributed by atoms with Gasteiger partial charge in [-0.1, -0.05) is 31.9 Å². The highest BCUT2D eigenvalue weighted by Crippen LogP contribution is 2.30. The number of benzene rings is 1. The van der Waals surface area contributed by atoms with Crippen LogP contribution in [0.3, 0.4) is 0 Å². The highest BCUT2D eigenvalue weighted by atomic mass is 32.2. The first-order valence-corrected chi connectivity index (χ1v) is 8.76. The van der Waals surface area contributed by atoms with E-state index in [0.29, 0.717) is 6.04 Å². The Labute approximate surface area is 124 Å².